The zero-order valence-electron chi connectivity index (χ0n) is 12.5. The second kappa shape index (κ2) is 7.54. The molecule has 0 atom stereocenters. The number of nitrogens with one attached hydrogen (secondary N) is 1. The Bertz CT molecular complexity index is 383. The van der Waals surface area contributed by atoms with E-state index in [-0.39, 0.29) is 0 Å². The Kier molecular flexibility index (Phi) is 5.71. The first-order valence-corrected chi connectivity index (χ1v) is 7.79. The van der Waals surface area contributed by atoms with Crippen LogP contribution in [0.2, 0.25) is 0 Å². The first kappa shape index (κ1) is 14.4. The van der Waals surface area contributed by atoms with Crippen molar-refractivity contribution < 1.29 is 9.64 Å². The van der Waals surface area contributed by atoms with E-state index in [1.807, 2.05) is 4.90 Å². The molecular formula is C17H28NO+. The highest BCUT2D eigenvalue weighted by molar-refractivity contribution is 5.35. The zero-order chi connectivity index (χ0) is 13.5. The summed E-state index contributed by atoms with van der Waals surface area (Å²) in [5.41, 5.74) is 2.56. The van der Waals surface area contributed by atoms with Crippen LogP contribution in [0.4, 0.5) is 0 Å². The van der Waals surface area contributed by atoms with Gasteiger partial charge in [-0.2, -0.15) is 0 Å². The molecule has 0 unspecified atom stereocenters. The summed E-state index contributed by atoms with van der Waals surface area (Å²) in [5, 5.41) is 0. The van der Waals surface area contributed by atoms with Crippen LogP contribution in [-0.2, 0) is 0 Å². The van der Waals surface area contributed by atoms with Crippen molar-refractivity contribution in [1.82, 2.24) is 0 Å². The summed E-state index contributed by atoms with van der Waals surface area (Å²) in [6.45, 7) is 9.28. The van der Waals surface area contributed by atoms with E-state index in [1.54, 1.807) is 0 Å². The molecule has 19 heavy (non-hydrogen) atoms. The van der Waals surface area contributed by atoms with Gasteiger partial charge in [-0.1, -0.05) is 17.7 Å². The monoisotopic (exact) mass is 262 g/mol. The van der Waals surface area contributed by atoms with Gasteiger partial charge in [0.2, 0.25) is 0 Å². The van der Waals surface area contributed by atoms with E-state index in [1.165, 1.54) is 62.9 Å². The summed E-state index contributed by atoms with van der Waals surface area (Å²) >= 11 is 0. The van der Waals surface area contributed by atoms with Crippen LogP contribution in [0, 0.1) is 13.8 Å². The minimum atomic E-state index is 0.860. The van der Waals surface area contributed by atoms with E-state index in [0.29, 0.717) is 0 Å². The van der Waals surface area contributed by atoms with E-state index in [4.69, 9.17) is 4.74 Å². The maximum atomic E-state index is 5.86. The van der Waals surface area contributed by atoms with Crippen molar-refractivity contribution in [2.75, 3.05) is 26.2 Å². The number of ether oxygens (including phenoxy) is 1. The lowest BCUT2D eigenvalue weighted by Crippen LogP contribution is -3.09. The second-order valence-electron chi connectivity index (χ2n) is 5.89. The fraction of sp³-hybridized carbons (Fsp3) is 0.647. The van der Waals surface area contributed by atoms with Gasteiger partial charge in [0.25, 0.3) is 0 Å². The van der Waals surface area contributed by atoms with Gasteiger partial charge in [0, 0.05) is 12.8 Å². The first-order chi connectivity index (χ1) is 9.25. The number of benzene rings is 1. The summed E-state index contributed by atoms with van der Waals surface area (Å²) in [7, 11) is 0. The predicted octanol–water partition coefficient (Wildman–Crippen LogP) is 2.53. The van der Waals surface area contributed by atoms with Gasteiger partial charge < -0.3 is 9.64 Å². The van der Waals surface area contributed by atoms with Crippen LogP contribution in [0.1, 0.15) is 43.2 Å². The molecule has 2 nitrogen and oxygen atoms in total. The topological polar surface area (TPSA) is 13.7 Å². The molecule has 1 saturated heterocycles. The number of hydrogen-bond acceptors (Lipinski definition) is 1. The Balaban J connectivity index is 1.56. The smallest absolute Gasteiger partial charge is 0.122 e. The standard InChI is InChI=1S/C17H27NO/c1-15-8-9-17(16(2)14-15)19-13-7-3-4-10-18-11-5-6-12-18/h8-9,14H,3-7,10-13H2,1-2H3/p+1. The third-order valence-electron chi connectivity index (χ3n) is 4.07. The summed E-state index contributed by atoms with van der Waals surface area (Å²) in [6.07, 6.45) is 6.71. The van der Waals surface area contributed by atoms with Gasteiger partial charge in [0.05, 0.1) is 26.2 Å². The van der Waals surface area contributed by atoms with Gasteiger partial charge in [-0.3, -0.25) is 0 Å². The van der Waals surface area contributed by atoms with Crippen molar-refractivity contribution in [2.45, 2.75) is 46.0 Å². The molecule has 2 rings (SSSR count). The molecule has 0 radical (unpaired) electrons. The second-order valence-corrected chi connectivity index (χ2v) is 5.89. The molecule has 0 saturated carbocycles. The van der Waals surface area contributed by atoms with Crippen LogP contribution in [-0.4, -0.2) is 26.2 Å². The number of rotatable bonds is 7. The molecule has 1 aliphatic heterocycles. The van der Waals surface area contributed by atoms with Crippen molar-refractivity contribution >= 4 is 0 Å². The Labute approximate surface area is 117 Å². The Morgan fingerprint density at radius 1 is 1.05 bits per heavy atom. The molecule has 1 N–H and O–H groups in total. The number of hydrogen-bond donors (Lipinski definition) is 1. The minimum Gasteiger partial charge on any atom is -0.493 e. The van der Waals surface area contributed by atoms with Crippen molar-refractivity contribution in [1.29, 1.82) is 0 Å². The van der Waals surface area contributed by atoms with Crippen molar-refractivity contribution in [3.05, 3.63) is 29.3 Å². The number of likely N-dealkylation sites (tertiary alicyclic amines) is 1. The van der Waals surface area contributed by atoms with Gasteiger partial charge in [-0.05, 0) is 44.7 Å². The van der Waals surface area contributed by atoms with Gasteiger partial charge >= 0.3 is 0 Å². The average molecular weight is 262 g/mol. The predicted molar refractivity (Wildman–Crippen MR) is 80.1 cm³/mol. The molecular weight excluding hydrogens is 234 g/mol. The summed E-state index contributed by atoms with van der Waals surface area (Å²) in [6, 6.07) is 6.41. The lowest BCUT2D eigenvalue weighted by Gasteiger charge is -2.12. The minimum absolute atomic E-state index is 0.860. The fourth-order valence-corrected chi connectivity index (χ4v) is 2.92. The molecule has 0 aromatic heterocycles. The van der Waals surface area contributed by atoms with E-state index >= 15 is 0 Å². The van der Waals surface area contributed by atoms with Gasteiger partial charge in [0.15, 0.2) is 0 Å². The maximum absolute atomic E-state index is 5.86. The van der Waals surface area contributed by atoms with Crippen LogP contribution >= 0.6 is 0 Å². The van der Waals surface area contributed by atoms with Crippen LogP contribution in [0.15, 0.2) is 18.2 Å². The number of unbranched alkanes of at least 4 members (excludes halogenated alkanes) is 2. The Morgan fingerprint density at radius 2 is 1.84 bits per heavy atom. The quantitative estimate of drug-likeness (QED) is 0.746. The normalized spacial score (nSPS) is 15.9. The molecule has 106 valence electrons. The first-order valence-electron chi connectivity index (χ1n) is 7.79. The van der Waals surface area contributed by atoms with Crippen molar-refractivity contribution in [3.8, 4) is 5.75 Å². The zero-order valence-corrected chi connectivity index (χ0v) is 12.5. The third-order valence-corrected chi connectivity index (χ3v) is 4.07. The van der Waals surface area contributed by atoms with E-state index in [2.05, 4.69) is 32.0 Å². The molecule has 0 aliphatic carbocycles. The van der Waals surface area contributed by atoms with Crippen LogP contribution in [0.5, 0.6) is 5.75 Å². The molecule has 1 fully saturated rings. The average Bonchev–Trinajstić information content (AvgIpc) is 2.89. The molecule has 1 aromatic carbocycles. The Hall–Kier alpha value is -1.02. The highest BCUT2D eigenvalue weighted by Crippen LogP contribution is 2.18. The fourth-order valence-electron chi connectivity index (χ4n) is 2.92. The summed E-state index contributed by atoms with van der Waals surface area (Å²) < 4.78 is 5.86. The van der Waals surface area contributed by atoms with Crippen molar-refractivity contribution in [3.63, 3.8) is 0 Å². The summed E-state index contributed by atoms with van der Waals surface area (Å²) in [5.74, 6) is 1.05. The largest absolute Gasteiger partial charge is 0.493 e. The van der Waals surface area contributed by atoms with Crippen LogP contribution in [0.3, 0.4) is 0 Å². The molecule has 2 heteroatoms. The molecule has 0 bridgehead atoms. The van der Waals surface area contributed by atoms with Gasteiger partial charge in [-0.15, -0.1) is 0 Å². The van der Waals surface area contributed by atoms with E-state index < -0.39 is 0 Å². The molecule has 0 spiro atoms. The number of quaternary nitrogens is 1. The lowest BCUT2D eigenvalue weighted by atomic mass is 10.1. The van der Waals surface area contributed by atoms with E-state index in [0.717, 1.165) is 12.4 Å². The molecule has 1 heterocycles. The van der Waals surface area contributed by atoms with Gasteiger partial charge in [-0.25, -0.2) is 0 Å². The SMILES string of the molecule is Cc1ccc(OCCCCC[NH+]2CCCC2)c(C)c1. The van der Waals surface area contributed by atoms with Crippen LogP contribution in [0.25, 0.3) is 0 Å². The molecule has 0 amide bonds. The lowest BCUT2D eigenvalue weighted by molar-refractivity contribution is -0.887. The van der Waals surface area contributed by atoms with Gasteiger partial charge in [0.1, 0.15) is 5.75 Å². The summed E-state index contributed by atoms with van der Waals surface area (Å²) in [4.78, 5) is 1.82. The Morgan fingerprint density at radius 3 is 2.58 bits per heavy atom. The van der Waals surface area contributed by atoms with Crippen molar-refractivity contribution in [2.24, 2.45) is 0 Å². The third kappa shape index (κ3) is 4.87. The van der Waals surface area contributed by atoms with Crippen LogP contribution < -0.4 is 9.64 Å². The molecule has 1 aliphatic rings. The van der Waals surface area contributed by atoms with E-state index in [9.17, 15) is 0 Å². The highest BCUT2D eigenvalue weighted by atomic mass is 16.5. The maximum Gasteiger partial charge on any atom is 0.122 e. The molecule has 1 aromatic rings. The highest BCUT2D eigenvalue weighted by Gasteiger charge is 2.13. The number of aryl methyl sites for hydroxylation is 2.